The zero-order valence-corrected chi connectivity index (χ0v) is 17.8. The highest BCUT2D eigenvalue weighted by atomic mass is 32.2. The van der Waals surface area contributed by atoms with E-state index in [-0.39, 0.29) is 17.1 Å². The van der Waals surface area contributed by atoms with E-state index in [2.05, 4.69) is 23.4 Å². The monoisotopic (exact) mass is 415 g/mol. The maximum Gasteiger partial charge on any atom is 0.332 e. The first-order valence-electron chi connectivity index (χ1n) is 9.39. The van der Waals surface area contributed by atoms with Gasteiger partial charge in [-0.2, -0.15) is 0 Å². The Kier molecular flexibility index (Phi) is 5.97. The zero-order valence-electron chi connectivity index (χ0n) is 17.0. The molecule has 0 unspecified atom stereocenters. The fourth-order valence-corrected chi connectivity index (χ4v) is 4.00. The molecule has 8 nitrogen and oxygen atoms in total. The number of nitrogens with zero attached hydrogens (tertiary/aromatic N) is 4. The van der Waals surface area contributed by atoms with Gasteiger partial charge in [0.2, 0.25) is 0 Å². The van der Waals surface area contributed by atoms with E-state index in [0.29, 0.717) is 5.92 Å². The van der Waals surface area contributed by atoms with E-state index in [4.69, 9.17) is 5.73 Å². The summed E-state index contributed by atoms with van der Waals surface area (Å²) in [5.74, 6) is -0.00456. The van der Waals surface area contributed by atoms with E-state index >= 15 is 0 Å². The van der Waals surface area contributed by atoms with E-state index in [1.807, 2.05) is 24.3 Å². The molecule has 0 aliphatic heterocycles. The number of carbonyl (C=O) groups is 1. The van der Waals surface area contributed by atoms with Crippen molar-refractivity contribution in [2.24, 2.45) is 20.0 Å². The first-order chi connectivity index (χ1) is 13.7. The Morgan fingerprint density at radius 3 is 2.55 bits per heavy atom. The number of hydrogen-bond donors (Lipinski definition) is 1. The first-order valence-corrected chi connectivity index (χ1v) is 10.4. The fraction of sp³-hybridized carbons (Fsp3) is 0.400. The molecule has 2 N–H and O–H groups in total. The van der Waals surface area contributed by atoms with Gasteiger partial charge in [0, 0.05) is 20.6 Å². The molecule has 0 radical (unpaired) electrons. The molecule has 0 spiro atoms. The Hall–Kier alpha value is -2.81. The van der Waals surface area contributed by atoms with Gasteiger partial charge >= 0.3 is 5.69 Å². The van der Waals surface area contributed by atoms with E-state index < -0.39 is 17.0 Å². The van der Waals surface area contributed by atoms with Crippen molar-refractivity contribution in [1.82, 2.24) is 18.7 Å². The highest BCUT2D eigenvalue weighted by Crippen LogP contribution is 2.26. The van der Waals surface area contributed by atoms with E-state index in [0.717, 1.165) is 38.3 Å². The number of Topliss-reactive ketones (excluding diaryl/α,β-unsaturated/α-hetero) is 1. The molecule has 0 amide bonds. The van der Waals surface area contributed by atoms with Gasteiger partial charge in [-0.05, 0) is 24.5 Å². The third-order valence-electron chi connectivity index (χ3n) is 4.87. The number of aryl methyl sites for hydroxylation is 1. The molecule has 9 heteroatoms. The van der Waals surface area contributed by atoms with Crippen molar-refractivity contribution in [1.29, 1.82) is 0 Å². The molecular formula is C20H25N5O3S. The Morgan fingerprint density at radius 1 is 1.17 bits per heavy atom. The van der Waals surface area contributed by atoms with Crippen molar-refractivity contribution in [3.63, 3.8) is 0 Å². The molecule has 0 bridgehead atoms. The Labute approximate surface area is 172 Å². The third kappa shape index (κ3) is 4.00. The number of nitrogens with two attached hydrogens (primary N) is 1. The van der Waals surface area contributed by atoms with Crippen LogP contribution in [0.5, 0.6) is 0 Å². The van der Waals surface area contributed by atoms with Crippen LogP contribution in [-0.2, 0) is 20.6 Å². The van der Waals surface area contributed by atoms with Crippen molar-refractivity contribution in [3.8, 4) is 0 Å². The van der Waals surface area contributed by atoms with Crippen LogP contribution in [0.25, 0.3) is 11.0 Å². The molecule has 0 aliphatic carbocycles. The first kappa shape index (κ1) is 20.9. The summed E-state index contributed by atoms with van der Waals surface area (Å²) in [7, 11) is 2.77. The Balaban J connectivity index is 1.92. The second-order valence-electron chi connectivity index (χ2n) is 7.40. The Bertz CT molecular complexity index is 1190. The van der Waals surface area contributed by atoms with Gasteiger partial charge in [0.25, 0.3) is 5.56 Å². The highest BCUT2D eigenvalue weighted by molar-refractivity contribution is 7.99. The number of nitrogen functional groups attached to an aromatic ring is 1. The summed E-state index contributed by atoms with van der Waals surface area (Å²) in [6, 6.07) is 7.84. The van der Waals surface area contributed by atoms with Crippen LogP contribution in [0.2, 0.25) is 0 Å². The van der Waals surface area contributed by atoms with Gasteiger partial charge < -0.3 is 10.3 Å². The number of rotatable bonds is 7. The van der Waals surface area contributed by atoms with Gasteiger partial charge in [0.15, 0.2) is 10.9 Å². The van der Waals surface area contributed by atoms with Gasteiger partial charge in [-0.25, -0.2) is 9.78 Å². The average Bonchev–Trinajstić information content (AvgIpc) is 3.05. The number of imidazole rings is 1. The van der Waals surface area contributed by atoms with Crippen LogP contribution in [0, 0.1) is 5.92 Å². The molecule has 1 aromatic carbocycles. The van der Waals surface area contributed by atoms with Crippen molar-refractivity contribution >= 4 is 34.4 Å². The van der Waals surface area contributed by atoms with Crippen molar-refractivity contribution < 1.29 is 4.79 Å². The molecule has 0 saturated heterocycles. The van der Waals surface area contributed by atoms with Crippen LogP contribution in [0.15, 0.2) is 39.0 Å². The SMILES string of the molecule is CC(C)CCn1c(SCC(=O)c2c(N)n(C)c(=O)n(C)c2=O)nc2ccccc21. The molecule has 3 rings (SSSR count). The second-order valence-corrected chi connectivity index (χ2v) is 8.34. The Morgan fingerprint density at radius 2 is 1.86 bits per heavy atom. The summed E-state index contributed by atoms with van der Waals surface area (Å²) >= 11 is 1.27. The standard InChI is InChI=1S/C20H25N5O3S/c1-12(2)9-10-25-14-8-6-5-7-13(14)22-19(25)29-11-15(26)16-17(21)23(3)20(28)24(4)18(16)27/h5-8,12H,9-11,21H2,1-4H3. The van der Waals surface area contributed by atoms with Crippen LogP contribution < -0.4 is 17.0 Å². The van der Waals surface area contributed by atoms with Crippen molar-refractivity contribution in [2.45, 2.75) is 32.0 Å². The minimum absolute atomic E-state index is 0.00262. The van der Waals surface area contributed by atoms with Crippen LogP contribution in [0.1, 0.15) is 30.6 Å². The van der Waals surface area contributed by atoms with Crippen LogP contribution in [0.4, 0.5) is 5.82 Å². The summed E-state index contributed by atoms with van der Waals surface area (Å²) in [6.07, 6.45) is 0.982. The normalized spacial score (nSPS) is 11.5. The summed E-state index contributed by atoms with van der Waals surface area (Å²) in [6.45, 7) is 5.11. The second kappa shape index (κ2) is 8.28. The van der Waals surface area contributed by atoms with Gasteiger partial charge in [-0.1, -0.05) is 37.7 Å². The lowest BCUT2D eigenvalue weighted by Crippen LogP contribution is -2.41. The molecule has 0 fully saturated rings. The molecule has 154 valence electrons. The molecule has 2 aromatic heterocycles. The highest BCUT2D eigenvalue weighted by Gasteiger charge is 2.21. The smallest absolute Gasteiger partial charge is 0.332 e. The molecule has 3 aromatic rings. The van der Waals surface area contributed by atoms with E-state index in [1.165, 1.54) is 25.9 Å². The number of carbonyl (C=O) groups excluding carboxylic acids is 1. The number of fused-ring (bicyclic) bond motifs is 1. The molecular weight excluding hydrogens is 390 g/mol. The van der Waals surface area contributed by atoms with Gasteiger partial charge in [-0.3, -0.25) is 18.7 Å². The third-order valence-corrected chi connectivity index (χ3v) is 5.85. The predicted molar refractivity (Wildman–Crippen MR) is 116 cm³/mol. The summed E-state index contributed by atoms with van der Waals surface area (Å²) in [5.41, 5.74) is 6.37. The number of aromatic nitrogens is 4. The van der Waals surface area contributed by atoms with E-state index in [1.54, 1.807) is 0 Å². The number of hydrogen-bond acceptors (Lipinski definition) is 6. The van der Waals surface area contributed by atoms with Gasteiger partial charge in [-0.15, -0.1) is 0 Å². The summed E-state index contributed by atoms with van der Waals surface area (Å²) in [5, 5.41) is 0.723. The number of thioether (sulfide) groups is 1. The molecule has 0 saturated carbocycles. The van der Waals surface area contributed by atoms with E-state index in [9.17, 15) is 14.4 Å². The molecule has 0 atom stereocenters. The topological polar surface area (TPSA) is 105 Å². The van der Waals surface area contributed by atoms with Crippen LogP contribution >= 0.6 is 11.8 Å². The number of benzene rings is 1. The largest absolute Gasteiger partial charge is 0.384 e. The zero-order chi connectivity index (χ0) is 21.3. The summed E-state index contributed by atoms with van der Waals surface area (Å²) in [4.78, 5) is 41.8. The average molecular weight is 416 g/mol. The van der Waals surface area contributed by atoms with Crippen LogP contribution in [-0.4, -0.2) is 30.2 Å². The van der Waals surface area contributed by atoms with Gasteiger partial charge in [0.05, 0.1) is 16.8 Å². The fourth-order valence-electron chi connectivity index (χ4n) is 3.09. The number of anilines is 1. The van der Waals surface area contributed by atoms with Crippen molar-refractivity contribution in [3.05, 3.63) is 50.7 Å². The maximum absolute atomic E-state index is 12.8. The molecule has 2 heterocycles. The number of ketones is 1. The quantitative estimate of drug-likeness (QED) is 0.468. The minimum Gasteiger partial charge on any atom is -0.384 e. The lowest BCUT2D eigenvalue weighted by Gasteiger charge is -2.12. The lowest BCUT2D eigenvalue weighted by molar-refractivity contribution is 0.102. The molecule has 29 heavy (non-hydrogen) atoms. The lowest BCUT2D eigenvalue weighted by atomic mass is 10.1. The predicted octanol–water partition coefficient (Wildman–Crippen LogP) is 2.04. The van der Waals surface area contributed by atoms with Crippen LogP contribution in [0.3, 0.4) is 0 Å². The maximum atomic E-state index is 12.8. The minimum atomic E-state index is -0.676. The van der Waals surface area contributed by atoms with Gasteiger partial charge in [0.1, 0.15) is 11.4 Å². The summed E-state index contributed by atoms with van der Waals surface area (Å²) < 4.78 is 4.11. The molecule has 0 aliphatic rings. The van der Waals surface area contributed by atoms with Crippen molar-refractivity contribution in [2.75, 3.05) is 11.5 Å². The number of para-hydroxylation sites is 2.